The van der Waals surface area contributed by atoms with E-state index in [0.717, 1.165) is 11.3 Å². The summed E-state index contributed by atoms with van der Waals surface area (Å²) in [5.41, 5.74) is 0.206. The highest BCUT2D eigenvalue weighted by Crippen LogP contribution is 2.37. The molecule has 0 aliphatic carbocycles. The first-order valence-electron chi connectivity index (χ1n) is 5.05. The van der Waals surface area contributed by atoms with Gasteiger partial charge in [0.1, 0.15) is 10.6 Å². The Bertz CT molecular complexity index is 604. The van der Waals surface area contributed by atoms with Gasteiger partial charge in [0.05, 0.1) is 0 Å². The Hall–Kier alpha value is -2.02. The number of carboxylic acids is 1. The molecule has 0 aliphatic heterocycles. The number of para-hydroxylation sites is 1. The Morgan fingerprint density at radius 1 is 1.16 bits per heavy atom. The molecule has 0 spiro atoms. The highest BCUT2D eigenvalue weighted by molar-refractivity contribution is 7.17. The Morgan fingerprint density at radius 3 is 2.42 bits per heavy atom. The van der Waals surface area contributed by atoms with Gasteiger partial charge in [0.25, 0.3) is 0 Å². The second-order valence-corrected chi connectivity index (χ2v) is 4.60. The number of ether oxygens (including phenoxy) is 1. The van der Waals surface area contributed by atoms with Crippen LogP contribution in [0.5, 0.6) is 5.75 Å². The third-order valence-electron chi connectivity index (χ3n) is 2.19. The Kier molecular flexibility index (Phi) is 3.48. The number of benzene rings is 1. The molecule has 1 aromatic heterocycles. The lowest BCUT2D eigenvalue weighted by Gasteiger charge is -2.11. The molecular formula is C12H7F3O3S. The summed E-state index contributed by atoms with van der Waals surface area (Å²) in [4.78, 5) is 11.2. The molecule has 3 nitrogen and oxygen atoms in total. The van der Waals surface area contributed by atoms with E-state index in [1.807, 2.05) is 0 Å². The first kappa shape index (κ1) is 13.4. The summed E-state index contributed by atoms with van der Waals surface area (Å²) >= 11 is 0.887. The number of hydrogen-bond donors (Lipinski definition) is 1. The summed E-state index contributed by atoms with van der Waals surface area (Å²) in [6, 6.07) is 8.38. The molecule has 0 unspecified atom stereocenters. The third kappa shape index (κ3) is 3.25. The monoisotopic (exact) mass is 288 g/mol. The zero-order chi connectivity index (χ0) is 14.0. The largest absolute Gasteiger partial charge is 0.573 e. The van der Waals surface area contributed by atoms with Crippen LogP contribution in [-0.2, 0) is 0 Å². The van der Waals surface area contributed by atoms with Crippen LogP contribution in [0.25, 0.3) is 10.4 Å². The molecule has 7 heteroatoms. The van der Waals surface area contributed by atoms with Crippen molar-refractivity contribution in [3.8, 4) is 16.2 Å². The van der Waals surface area contributed by atoms with Crippen molar-refractivity contribution in [2.45, 2.75) is 6.36 Å². The maximum Gasteiger partial charge on any atom is 0.573 e. The highest BCUT2D eigenvalue weighted by Gasteiger charge is 2.32. The lowest BCUT2D eigenvalue weighted by atomic mass is 10.1. The molecule has 0 bridgehead atoms. The van der Waals surface area contributed by atoms with Crippen molar-refractivity contribution in [1.29, 1.82) is 0 Å². The number of carbonyl (C=O) groups is 1. The molecule has 0 radical (unpaired) electrons. The van der Waals surface area contributed by atoms with E-state index < -0.39 is 12.3 Å². The van der Waals surface area contributed by atoms with Gasteiger partial charge in [-0.15, -0.1) is 24.5 Å². The summed E-state index contributed by atoms with van der Waals surface area (Å²) in [7, 11) is 0. The van der Waals surface area contributed by atoms with Gasteiger partial charge in [0.2, 0.25) is 0 Å². The predicted octanol–water partition coefficient (Wildman–Crippen LogP) is 4.01. The molecule has 2 aromatic rings. The molecule has 1 aromatic carbocycles. The SMILES string of the molecule is O=C(O)c1ccc(-c2ccccc2OC(F)(F)F)s1. The number of alkyl halides is 3. The van der Waals surface area contributed by atoms with E-state index in [9.17, 15) is 18.0 Å². The van der Waals surface area contributed by atoms with Gasteiger partial charge in [0.15, 0.2) is 0 Å². The summed E-state index contributed by atoms with van der Waals surface area (Å²) in [6.45, 7) is 0. The molecule has 0 saturated heterocycles. The minimum absolute atomic E-state index is 0.0526. The number of thiophene rings is 1. The molecule has 100 valence electrons. The molecule has 2 rings (SSSR count). The van der Waals surface area contributed by atoms with Crippen LogP contribution in [0, 0.1) is 0 Å². The van der Waals surface area contributed by atoms with E-state index in [4.69, 9.17) is 5.11 Å². The van der Waals surface area contributed by atoms with Crippen LogP contribution in [0.4, 0.5) is 13.2 Å². The molecule has 1 N–H and O–H groups in total. The standard InChI is InChI=1S/C12H7F3O3S/c13-12(14,15)18-8-4-2-1-3-7(8)9-5-6-10(19-9)11(16)17/h1-6H,(H,16,17). The fraction of sp³-hybridized carbons (Fsp3) is 0.0833. The van der Waals surface area contributed by atoms with Crippen molar-refractivity contribution in [2.24, 2.45) is 0 Å². The lowest BCUT2D eigenvalue weighted by Crippen LogP contribution is -2.17. The summed E-state index contributed by atoms with van der Waals surface area (Å²) in [5, 5.41) is 8.80. The van der Waals surface area contributed by atoms with Crippen LogP contribution < -0.4 is 4.74 Å². The normalized spacial score (nSPS) is 11.3. The van der Waals surface area contributed by atoms with E-state index in [0.29, 0.717) is 4.88 Å². The molecular weight excluding hydrogens is 281 g/mol. The minimum atomic E-state index is -4.79. The van der Waals surface area contributed by atoms with Gasteiger partial charge in [0, 0.05) is 10.4 Å². The van der Waals surface area contributed by atoms with E-state index in [1.54, 1.807) is 6.07 Å². The maximum atomic E-state index is 12.3. The Labute approximate surface area is 109 Å². The average Bonchev–Trinajstić information content (AvgIpc) is 2.76. The smallest absolute Gasteiger partial charge is 0.477 e. The molecule has 0 fully saturated rings. The maximum absolute atomic E-state index is 12.3. The quantitative estimate of drug-likeness (QED) is 0.928. The van der Waals surface area contributed by atoms with Crippen molar-refractivity contribution in [3.63, 3.8) is 0 Å². The summed E-state index contributed by atoms with van der Waals surface area (Å²) < 4.78 is 40.7. The van der Waals surface area contributed by atoms with Crippen LogP contribution in [0.3, 0.4) is 0 Å². The summed E-state index contributed by atoms with van der Waals surface area (Å²) in [5.74, 6) is -1.47. The van der Waals surface area contributed by atoms with E-state index >= 15 is 0 Å². The first-order chi connectivity index (χ1) is 8.87. The Balaban J connectivity index is 2.41. The molecule has 1 heterocycles. The van der Waals surface area contributed by atoms with Crippen molar-refractivity contribution in [2.75, 3.05) is 0 Å². The second-order valence-electron chi connectivity index (χ2n) is 3.51. The van der Waals surface area contributed by atoms with Crippen LogP contribution in [-0.4, -0.2) is 17.4 Å². The van der Waals surface area contributed by atoms with Gasteiger partial charge in [-0.1, -0.05) is 12.1 Å². The lowest BCUT2D eigenvalue weighted by molar-refractivity contribution is -0.274. The average molecular weight is 288 g/mol. The molecule has 19 heavy (non-hydrogen) atoms. The highest BCUT2D eigenvalue weighted by atomic mass is 32.1. The number of hydrogen-bond acceptors (Lipinski definition) is 3. The van der Waals surface area contributed by atoms with Crippen LogP contribution in [0.2, 0.25) is 0 Å². The molecule has 0 aliphatic rings. The van der Waals surface area contributed by atoms with Crippen molar-refractivity contribution < 1.29 is 27.8 Å². The number of carboxylic acid groups (broad SMARTS) is 1. The van der Waals surface area contributed by atoms with Gasteiger partial charge in [-0.05, 0) is 24.3 Å². The van der Waals surface area contributed by atoms with E-state index in [1.165, 1.54) is 30.3 Å². The first-order valence-corrected chi connectivity index (χ1v) is 5.87. The van der Waals surface area contributed by atoms with Gasteiger partial charge in [-0.25, -0.2) is 4.79 Å². The van der Waals surface area contributed by atoms with Gasteiger partial charge in [-0.3, -0.25) is 0 Å². The summed E-state index contributed by atoms with van der Waals surface area (Å²) in [6.07, 6.45) is -4.79. The van der Waals surface area contributed by atoms with Crippen LogP contribution in [0.15, 0.2) is 36.4 Å². The van der Waals surface area contributed by atoms with Gasteiger partial charge in [-0.2, -0.15) is 0 Å². The predicted molar refractivity (Wildman–Crippen MR) is 63.4 cm³/mol. The molecule has 0 atom stereocenters. The van der Waals surface area contributed by atoms with Crippen molar-refractivity contribution in [1.82, 2.24) is 0 Å². The second kappa shape index (κ2) is 4.93. The van der Waals surface area contributed by atoms with Crippen LogP contribution >= 0.6 is 11.3 Å². The number of aromatic carboxylic acids is 1. The Morgan fingerprint density at radius 2 is 1.84 bits per heavy atom. The zero-order valence-corrected chi connectivity index (χ0v) is 10.1. The zero-order valence-electron chi connectivity index (χ0n) is 9.27. The van der Waals surface area contributed by atoms with Gasteiger partial charge < -0.3 is 9.84 Å². The fourth-order valence-corrected chi connectivity index (χ4v) is 2.36. The van der Waals surface area contributed by atoms with E-state index in [-0.39, 0.29) is 16.2 Å². The van der Waals surface area contributed by atoms with Crippen LogP contribution in [0.1, 0.15) is 9.67 Å². The number of rotatable bonds is 3. The van der Waals surface area contributed by atoms with Gasteiger partial charge >= 0.3 is 12.3 Å². The fourth-order valence-electron chi connectivity index (χ4n) is 1.48. The van der Waals surface area contributed by atoms with Crippen molar-refractivity contribution in [3.05, 3.63) is 41.3 Å². The molecule has 0 amide bonds. The van der Waals surface area contributed by atoms with Crippen molar-refractivity contribution >= 4 is 17.3 Å². The topological polar surface area (TPSA) is 46.5 Å². The molecule has 0 saturated carbocycles. The number of halogens is 3. The van der Waals surface area contributed by atoms with E-state index in [2.05, 4.69) is 4.74 Å². The third-order valence-corrected chi connectivity index (χ3v) is 3.30. The minimum Gasteiger partial charge on any atom is -0.477 e.